The summed E-state index contributed by atoms with van der Waals surface area (Å²) in [5.74, 6) is 0.0528. The molecule has 1 atom stereocenters. The fraction of sp³-hybridized carbons (Fsp3) is 0.692. The van der Waals surface area contributed by atoms with E-state index < -0.39 is 5.41 Å². The molecule has 0 aromatic carbocycles. The summed E-state index contributed by atoms with van der Waals surface area (Å²) in [6, 6.07) is 0.00141. The minimum Gasteiger partial charge on any atom is -0.346 e. The highest BCUT2D eigenvalue weighted by atomic mass is 32.1. The van der Waals surface area contributed by atoms with E-state index in [1.165, 1.54) is 0 Å². The molecule has 0 spiro atoms. The second-order valence-corrected chi connectivity index (χ2v) is 5.42. The normalized spacial score (nSPS) is 13.3. The van der Waals surface area contributed by atoms with E-state index in [4.69, 9.17) is 5.73 Å². The van der Waals surface area contributed by atoms with Crippen molar-refractivity contribution in [2.45, 2.75) is 46.1 Å². The Balaban J connectivity index is 2.79. The molecule has 0 saturated heterocycles. The summed E-state index contributed by atoms with van der Waals surface area (Å²) in [6.45, 7) is 6.47. The van der Waals surface area contributed by atoms with Crippen molar-refractivity contribution >= 4 is 17.2 Å². The first-order valence-electron chi connectivity index (χ1n) is 6.53. The number of nitrogens with two attached hydrogens (primary N) is 1. The third-order valence-electron chi connectivity index (χ3n) is 3.69. The quantitative estimate of drug-likeness (QED) is 0.799. The van der Waals surface area contributed by atoms with Crippen LogP contribution in [0.1, 0.15) is 51.1 Å². The number of thiazole rings is 1. The summed E-state index contributed by atoms with van der Waals surface area (Å²) >= 11 is 1.57. The highest BCUT2D eigenvalue weighted by Crippen LogP contribution is 2.27. The van der Waals surface area contributed by atoms with Gasteiger partial charge in [0, 0.05) is 18.1 Å². The molecule has 102 valence electrons. The van der Waals surface area contributed by atoms with Gasteiger partial charge >= 0.3 is 0 Å². The van der Waals surface area contributed by atoms with Crippen LogP contribution in [0.2, 0.25) is 0 Å². The third-order valence-corrected chi connectivity index (χ3v) is 4.58. The van der Waals surface area contributed by atoms with Crippen molar-refractivity contribution < 1.29 is 4.79 Å². The van der Waals surface area contributed by atoms with Crippen molar-refractivity contribution in [1.82, 2.24) is 10.3 Å². The van der Waals surface area contributed by atoms with Crippen molar-refractivity contribution in [3.8, 4) is 0 Å². The zero-order valence-electron chi connectivity index (χ0n) is 11.4. The Morgan fingerprint density at radius 2 is 2.17 bits per heavy atom. The number of nitrogens with one attached hydrogen (secondary N) is 1. The van der Waals surface area contributed by atoms with Crippen molar-refractivity contribution in [1.29, 1.82) is 0 Å². The second-order valence-electron chi connectivity index (χ2n) is 4.50. The van der Waals surface area contributed by atoms with Crippen LogP contribution in [-0.4, -0.2) is 17.4 Å². The zero-order chi connectivity index (χ0) is 13.6. The number of carbonyl (C=O) groups is 1. The Bertz CT molecular complexity index is 352. The van der Waals surface area contributed by atoms with Crippen LogP contribution >= 0.6 is 11.3 Å². The fourth-order valence-electron chi connectivity index (χ4n) is 2.01. The highest BCUT2D eigenvalue weighted by Gasteiger charge is 2.34. The molecular formula is C13H23N3OS. The van der Waals surface area contributed by atoms with Gasteiger partial charge in [0.05, 0.1) is 11.5 Å². The van der Waals surface area contributed by atoms with E-state index in [2.05, 4.69) is 10.3 Å². The van der Waals surface area contributed by atoms with Crippen molar-refractivity contribution in [2.75, 3.05) is 6.54 Å². The average molecular weight is 269 g/mol. The molecule has 1 amide bonds. The molecule has 0 saturated carbocycles. The maximum absolute atomic E-state index is 12.4. The molecule has 1 aromatic rings. The SMILES string of the molecule is CCC(NC(=O)C(CC)(CC)CN)c1nccs1. The van der Waals surface area contributed by atoms with Crippen LogP contribution in [-0.2, 0) is 4.79 Å². The number of hydrogen-bond donors (Lipinski definition) is 2. The second kappa shape index (κ2) is 6.85. The molecule has 1 unspecified atom stereocenters. The van der Waals surface area contributed by atoms with Gasteiger partial charge in [-0.1, -0.05) is 20.8 Å². The van der Waals surface area contributed by atoms with Crippen molar-refractivity contribution in [3.05, 3.63) is 16.6 Å². The standard InChI is InChI=1S/C13H23N3OS/c1-4-10(11-15-7-8-18-11)16-12(17)13(5-2,6-3)9-14/h7-8,10H,4-6,9,14H2,1-3H3,(H,16,17). The summed E-state index contributed by atoms with van der Waals surface area (Å²) in [5, 5.41) is 5.98. The van der Waals surface area contributed by atoms with Crippen LogP contribution in [0.4, 0.5) is 0 Å². The summed E-state index contributed by atoms with van der Waals surface area (Å²) < 4.78 is 0. The fourth-order valence-corrected chi connectivity index (χ4v) is 2.78. The lowest BCUT2D eigenvalue weighted by atomic mass is 9.81. The molecule has 0 aliphatic carbocycles. The van der Waals surface area contributed by atoms with Gasteiger partial charge in [-0.15, -0.1) is 11.3 Å². The number of nitrogens with zero attached hydrogens (tertiary/aromatic N) is 1. The predicted octanol–water partition coefficient (Wildman–Crippen LogP) is 2.48. The van der Waals surface area contributed by atoms with Gasteiger partial charge in [0.2, 0.25) is 5.91 Å². The van der Waals surface area contributed by atoms with Crippen molar-refractivity contribution in [3.63, 3.8) is 0 Å². The number of amides is 1. The Morgan fingerprint density at radius 3 is 2.56 bits per heavy atom. The maximum atomic E-state index is 12.4. The van der Waals surface area contributed by atoms with Gasteiger partial charge in [-0.2, -0.15) is 0 Å². The molecule has 0 fully saturated rings. The first-order chi connectivity index (χ1) is 8.63. The molecule has 1 aromatic heterocycles. The lowest BCUT2D eigenvalue weighted by Gasteiger charge is -2.30. The Morgan fingerprint density at radius 1 is 1.50 bits per heavy atom. The Labute approximate surface area is 113 Å². The molecule has 5 heteroatoms. The number of carbonyl (C=O) groups excluding carboxylic acids is 1. The van der Waals surface area contributed by atoms with E-state index in [0.29, 0.717) is 6.54 Å². The van der Waals surface area contributed by atoms with Gasteiger partial charge in [-0.25, -0.2) is 4.98 Å². The van der Waals surface area contributed by atoms with Gasteiger partial charge in [-0.05, 0) is 19.3 Å². The van der Waals surface area contributed by atoms with E-state index in [1.807, 2.05) is 26.2 Å². The Hall–Kier alpha value is -0.940. The van der Waals surface area contributed by atoms with Crippen LogP contribution in [0.25, 0.3) is 0 Å². The molecule has 0 bridgehead atoms. The van der Waals surface area contributed by atoms with Crippen LogP contribution in [0.3, 0.4) is 0 Å². The van der Waals surface area contributed by atoms with Crippen LogP contribution in [0.15, 0.2) is 11.6 Å². The topological polar surface area (TPSA) is 68.0 Å². The maximum Gasteiger partial charge on any atom is 0.228 e. The highest BCUT2D eigenvalue weighted by molar-refractivity contribution is 7.09. The Kier molecular flexibility index (Phi) is 5.75. The van der Waals surface area contributed by atoms with Crippen molar-refractivity contribution in [2.24, 2.45) is 11.1 Å². The molecule has 18 heavy (non-hydrogen) atoms. The van der Waals surface area contributed by atoms with E-state index >= 15 is 0 Å². The number of aromatic nitrogens is 1. The summed E-state index contributed by atoms with van der Waals surface area (Å²) in [6.07, 6.45) is 4.14. The molecular weight excluding hydrogens is 246 g/mol. The largest absolute Gasteiger partial charge is 0.346 e. The van der Waals surface area contributed by atoms with E-state index in [9.17, 15) is 4.79 Å². The number of rotatable bonds is 7. The molecule has 0 radical (unpaired) electrons. The van der Waals surface area contributed by atoms with Gasteiger partial charge in [0.25, 0.3) is 0 Å². The van der Waals surface area contributed by atoms with E-state index in [0.717, 1.165) is 24.3 Å². The first kappa shape index (κ1) is 15.1. The van der Waals surface area contributed by atoms with Gasteiger partial charge < -0.3 is 11.1 Å². The molecule has 1 heterocycles. The lowest BCUT2D eigenvalue weighted by molar-refractivity contribution is -0.131. The minimum atomic E-state index is -0.440. The van der Waals surface area contributed by atoms with Crippen LogP contribution in [0, 0.1) is 5.41 Å². The monoisotopic (exact) mass is 269 g/mol. The smallest absolute Gasteiger partial charge is 0.228 e. The lowest BCUT2D eigenvalue weighted by Crippen LogP contribution is -2.46. The van der Waals surface area contributed by atoms with Gasteiger partial charge in [0.15, 0.2) is 0 Å². The minimum absolute atomic E-state index is 0.00141. The first-order valence-corrected chi connectivity index (χ1v) is 7.41. The summed E-state index contributed by atoms with van der Waals surface area (Å²) in [4.78, 5) is 16.7. The summed E-state index contributed by atoms with van der Waals surface area (Å²) in [7, 11) is 0. The molecule has 4 nitrogen and oxygen atoms in total. The molecule has 3 N–H and O–H groups in total. The van der Waals surface area contributed by atoms with Crippen LogP contribution in [0.5, 0.6) is 0 Å². The molecule has 0 aliphatic heterocycles. The van der Waals surface area contributed by atoms with E-state index in [1.54, 1.807) is 17.5 Å². The zero-order valence-corrected chi connectivity index (χ0v) is 12.2. The molecule has 1 rings (SSSR count). The van der Waals surface area contributed by atoms with Crippen LogP contribution < -0.4 is 11.1 Å². The average Bonchev–Trinajstić information content (AvgIpc) is 2.92. The molecule has 0 aliphatic rings. The van der Waals surface area contributed by atoms with Gasteiger partial charge in [-0.3, -0.25) is 4.79 Å². The van der Waals surface area contributed by atoms with E-state index in [-0.39, 0.29) is 11.9 Å². The number of hydrogen-bond acceptors (Lipinski definition) is 4. The van der Waals surface area contributed by atoms with Gasteiger partial charge in [0.1, 0.15) is 5.01 Å². The summed E-state index contributed by atoms with van der Waals surface area (Å²) in [5.41, 5.74) is 5.35. The predicted molar refractivity (Wildman–Crippen MR) is 75.4 cm³/mol. The third kappa shape index (κ3) is 3.09.